The molecule has 1 atom stereocenters. The Kier molecular flexibility index (Phi) is 4.56. The molecule has 3 heterocycles. The van der Waals surface area contributed by atoms with E-state index in [1.54, 1.807) is 19.2 Å². The van der Waals surface area contributed by atoms with Crippen molar-refractivity contribution in [2.45, 2.75) is 19.0 Å². The number of rotatable bonds is 3. The van der Waals surface area contributed by atoms with Crippen molar-refractivity contribution in [3.63, 3.8) is 0 Å². The van der Waals surface area contributed by atoms with Crippen LogP contribution in [0.2, 0.25) is 0 Å². The van der Waals surface area contributed by atoms with E-state index in [0.29, 0.717) is 42.3 Å². The molecule has 1 fully saturated rings. The summed E-state index contributed by atoms with van der Waals surface area (Å²) in [5.74, 6) is 1.72. The van der Waals surface area contributed by atoms with Crippen molar-refractivity contribution in [2.75, 3.05) is 25.3 Å². The molecule has 5 rings (SSSR count). The van der Waals surface area contributed by atoms with Crippen molar-refractivity contribution in [3.05, 3.63) is 58.4 Å². The van der Waals surface area contributed by atoms with Gasteiger partial charge in [0.15, 0.2) is 9.84 Å². The summed E-state index contributed by atoms with van der Waals surface area (Å²) in [6, 6.07) is 12.7. The van der Waals surface area contributed by atoms with Crippen LogP contribution in [0.25, 0.3) is 22.1 Å². The Morgan fingerprint density at radius 2 is 1.93 bits per heavy atom. The first-order valence-electron chi connectivity index (χ1n) is 9.75. The highest BCUT2D eigenvalue weighted by Gasteiger charge is 2.35. The van der Waals surface area contributed by atoms with Gasteiger partial charge in [0.05, 0.1) is 29.7 Å². The molecule has 0 spiro atoms. The van der Waals surface area contributed by atoms with Crippen LogP contribution >= 0.6 is 0 Å². The van der Waals surface area contributed by atoms with E-state index in [2.05, 4.69) is 0 Å². The summed E-state index contributed by atoms with van der Waals surface area (Å²) in [5, 5.41) is 0.795. The molecule has 30 heavy (non-hydrogen) atoms. The van der Waals surface area contributed by atoms with Crippen LogP contribution in [0.15, 0.2) is 51.7 Å². The van der Waals surface area contributed by atoms with Crippen molar-refractivity contribution >= 4 is 20.8 Å². The predicted molar refractivity (Wildman–Crippen MR) is 113 cm³/mol. The van der Waals surface area contributed by atoms with Crippen LogP contribution < -0.4 is 15.1 Å². The number of nitrogens with zero attached hydrogens (tertiary/aromatic N) is 1. The Labute approximate surface area is 173 Å². The lowest BCUT2D eigenvalue weighted by atomic mass is 10.0. The third-order valence-corrected chi connectivity index (χ3v) is 7.59. The monoisotopic (exact) mass is 427 g/mol. The molecule has 156 valence electrons. The fourth-order valence-electron chi connectivity index (χ4n) is 4.18. The number of fused-ring (bicyclic) bond motifs is 3. The highest BCUT2D eigenvalue weighted by molar-refractivity contribution is 7.91. The molecular weight excluding hydrogens is 406 g/mol. The molecular formula is C22H21NO6S. The van der Waals surface area contributed by atoms with Crippen LogP contribution in [0, 0.1) is 0 Å². The van der Waals surface area contributed by atoms with Gasteiger partial charge in [-0.1, -0.05) is 12.1 Å². The average Bonchev–Trinajstić information content (AvgIpc) is 3.12. The van der Waals surface area contributed by atoms with Gasteiger partial charge in [0, 0.05) is 18.0 Å². The van der Waals surface area contributed by atoms with Gasteiger partial charge >= 0.3 is 5.63 Å². The molecule has 2 aliphatic heterocycles. The zero-order valence-corrected chi connectivity index (χ0v) is 17.3. The van der Waals surface area contributed by atoms with Crippen LogP contribution in [0.1, 0.15) is 12.0 Å². The maximum Gasteiger partial charge on any atom is 0.344 e. The Morgan fingerprint density at radius 1 is 1.13 bits per heavy atom. The Balaban J connectivity index is 1.53. The van der Waals surface area contributed by atoms with Crippen molar-refractivity contribution in [2.24, 2.45) is 0 Å². The third-order valence-electron chi connectivity index (χ3n) is 5.84. The van der Waals surface area contributed by atoms with Gasteiger partial charge in [-0.2, -0.15) is 0 Å². The number of hydrogen-bond donors (Lipinski definition) is 0. The number of ether oxygens (including phenoxy) is 2. The molecule has 0 bridgehead atoms. The quantitative estimate of drug-likeness (QED) is 0.594. The molecule has 0 aliphatic carbocycles. The van der Waals surface area contributed by atoms with E-state index in [1.165, 1.54) is 0 Å². The number of sulfone groups is 1. The summed E-state index contributed by atoms with van der Waals surface area (Å²) in [7, 11) is -1.40. The summed E-state index contributed by atoms with van der Waals surface area (Å²) in [6.07, 6.45) is 0.595. The smallest absolute Gasteiger partial charge is 0.344 e. The first-order chi connectivity index (χ1) is 14.4. The molecule has 0 amide bonds. The molecule has 8 heteroatoms. The van der Waals surface area contributed by atoms with Crippen LogP contribution in [0.5, 0.6) is 11.5 Å². The first kappa shape index (κ1) is 19.1. The van der Waals surface area contributed by atoms with Crippen LogP contribution in [0.4, 0.5) is 0 Å². The SMILES string of the molecule is COc1ccc(-c2cc3ccc4c(c3oc2=O)CN(C2CCS(=O)(=O)C2)CO4)cc1. The third kappa shape index (κ3) is 3.36. The molecule has 0 saturated carbocycles. The van der Waals surface area contributed by atoms with E-state index in [1.807, 2.05) is 35.2 Å². The second-order valence-corrected chi connectivity index (χ2v) is 9.94. The van der Waals surface area contributed by atoms with E-state index in [0.717, 1.165) is 16.5 Å². The van der Waals surface area contributed by atoms with Gasteiger partial charge in [0.1, 0.15) is 23.8 Å². The van der Waals surface area contributed by atoms with Gasteiger partial charge in [-0.3, -0.25) is 4.90 Å². The van der Waals surface area contributed by atoms with Gasteiger partial charge < -0.3 is 13.9 Å². The van der Waals surface area contributed by atoms with Crippen molar-refractivity contribution in [1.82, 2.24) is 4.90 Å². The van der Waals surface area contributed by atoms with Crippen LogP contribution in [-0.2, 0) is 16.4 Å². The molecule has 2 aromatic carbocycles. The predicted octanol–water partition coefficient (Wildman–Crippen LogP) is 2.81. The minimum atomic E-state index is -2.99. The van der Waals surface area contributed by atoms with E-state index in [4.69, 9.17) is 13.9 Å². The minimum Gasteiger partial charge on any atom is -0.497 e. The molecule has 1 aromatic heterocycles. The lowest BCUT2D eigenvalue weighted by Gasteiger charge is -2.33. The van der Waals surface area contributed by atoms with Gasteiger partial charge in [-0.15, -0.1) is 0 Å². The molecule has 2 aliphatic rings. The summed E-state index contributed by atoms with van der Waals surface area (Å²) in [5.41, 5.74) is 2.06. The second-order valence-electron chi connectivity index (χ2n) is 7.71. The van der Waals surface area contributed by atoms with Gasteiger partial charge in [-0.25, -0.2) is 13.2 Å². The second kappa shape index (κ2) is 7.14. The minimum absolute atomic E-state index is 0.0799. The molecule has 1 saturated heterocycles. The summed E-state index contributed by atoms with van der Waals surface area (Å²) in [6.45, 7) is 0.810. The molecule has 1 unspecified atom stereocenters. The zero-order chi connectivity index (χ0) is 20.9. The lowest BCUT2D eigenvalue weighted by molar-refractivity contribution is 0.0649. The standard InChI is InChI=1S/C22H21NO6S/c1-27-17-5-2-14(3-6-17)18-10-15-4-7-20-19(21(15)29-22(18)24)11-23(13-28-20)16-8-9-30(25,26)12-16/h2-7,10,16H,8-9,11-13H2,1H3. The maximum absolute atomic E-state index is 12.8. The number of hydrogen-bond acceptors (Lipinski definition) is 7. The first-order valence-corrected chi connectivity index (χ1v) is 11.6. The fraction of sp³-hybridized carbons (Fsp3) is 0.318. The summed E-state index contributed by atoms with van der Waals surface area (Å²) < 4.78 is 40.5. The Morgan fingerprint density at radius 3 is 2.63 bits per heavy atom. The highest BCUT2D eigenvalue weighted by Crippen LogP contribution is 2.35. The largest absolute Gasteiger partial charge is 0.497 e. The topological polar surface area (TPSA) is 86.0 Å². The van der Waals surface area contributed by atoms with Crippen molar-refractivity contribution in [3.8, 4) is 22.6 Å². The summed E-state index contributed by atoms with van der Waals surface area (Å²) in [4.78, 5) is 14.8. The number of methoxy groups -OCH3 is 1. The van der Waals surface area contributed by atoms with Gasteiger partial charge in [0.2, 0.25) is 0 Å². The van der Waals surface area contributed by atoms with Gasteiger partial charge in [0.25, 0.3) is 0 Å². The van der Waals surface area contributed by atoms with Crippen LogP contribution in [0.3, 0.4) is 0 Å². The highest BCUT2D eigenvalue weighted by atomic mass is 32.2. The summed E-state index contributed by atoms with van der Waals surface area (Å²) >= 11 is 0. The van der Waals surface area contributed by atoms with Crippen molar-refractivity contribution < 1.29 is 22.3 Å². The van der Waals surface area contributed by atoms with E-state index >= 15 is 0 Å². The Hall–Kier alpha value is -2.84. The molecule has 0 radical (unpaired) electrons. The number of benzene rings is 2. The van der Waals surface area contributed by atoms with Gasteiger partial charge in [-0.05, 0) is 42.3 Å². The maximum atomic E-state index is 12.8. The van der Waals surface area contributed by atoms with E-state index in [-0.39, 0.29) is 17.5 Å². The average molecular weight is 427 g/mol. The fourth-order valence-corrected chi connectivity index (χ4v) is 5.94. The van der Waals surface area contributed by atoms with E-state index < -0.39 is 15.5 Å². The lowest BCUT2D eigenvalue weighted by Crippen LogP contribution is -2.41. The van der Waals surface area contributed by atoms with Crippen LogP contribution in [-0.4, -0.2) is 44.7 Å². The van der Waals surface area contributed by atoms with Crippen molar-refractivity contribution in [1.29, 1.82) is 0 Å². The molecule has 0 N–H and O–H groups in total. The molecule has 7 nitrogen and oxygen atoms in total. The van der Waals surface area contributed by atoms with E-state index in [9.17, 15) is 13.2 Å². The molecule has 3 aromatic rings. The normalized spacial score (nSPS) is 20.6. The zero-order valence-electron chi connectivity index (χ0n) is 16.5. The Bertz CT molecular complexity index is 1280.